The number of hydrogen-bond donors (Lipinski definition) is 1. The molecular formula is C21H21NO6. The third-order valence-corrected chi connectivity index (χ3v) is 4.47. The van der Waals surface area contributed by atoms with Gasteiger partial charge in [0.2, 0.25) is 11.2 Å². The summed E-state index contributed by atoms with van der Waals surface area (Å²) in [6, 6.07) is 8.61. The van der Waals surface area contributed by atoms with Gasteiger partial charge in [-0.05, 0) is 55.3 Å². The average Bonchev–Trinajstić information content (AvgIpc) is 2.68. The molecule has 2 N–H and O–H groups in total. The molecule has 1 aromatic heterocycles. The van der Waals surface area contributed by atoms with E-state index in [0.29, 0.717) is 28.0 Å². The summed E-state index contributed by atoms with van der Waals surface area (Å²) in [6.45, 7) is 3.39. The van der Waals surface area contributed by atoms with E-state index < -0.39 is 12.5 Å². The van der Waals surface area contributed by atoms with Crippen LogP contribution in [0, 0.1) is 13.8 Å². The minimum Gasteiger partial charge on any atom is -0.493 e. The van der Waals surface area contributed by atoms with Gasteiger partial charge in [0.15, 0.2) is 23.9 Å². The Labute approximate surface area is 161 Å². The Kier molecular flexibility index (Phi) is 5.26. The molecule has 0 aliphatic carbocycles. The molecule has 0 saturated heterocycles. The molecule has 1 heterocycles. The number of methoxy groups -OCH3 is 2. The lowest BCUT2D eigenvalue weighted by Gasteiger charge is -2.13. The number of hydrogen-bond acceptors (Lipinski definition) is 6. The molecule has 28 heavy (non-hydrogen) atoms. The molecule has 7 nitrogen and oxygen atoms in total. The van der Waals surface area contributed by atoms with Crippen LogP contribution in [0.15, 0.2) is 39.5 Å². The van der Waals surface area contributed by atoms with E-state index in [1.54, 1.807) is 30.3 Å². The Bertz CT molecular complexity index is 1120. The van der Waals surface area contributed by atoms with Crippen molar-refractivity contribution in [2.24, 2.45) is 5.73 Å². The van der Waals surface area contributed by atoms with Crippen LogP contribution >= 0.6 is 0 Å². The highest BCUT2D eigenvalue weighted by Crippen LogP contribution is 2.37. The summed E-state index contributed by atoms with van der Waals surface area (Å²) in [4.78, 5) is 24.3. The summed E-state index contributed by atoms with van der Waals surface area (Å²) >= 11 is 0. The first-order valence-electron chi connectivity index (χ1n) is 8.57. The number of primary amides is 1. The number of nitrogens with two attached hydrogens (primary N) is 1. The van der Waals surface area contributed by atoms with E-state index >= 15 is 0 Å². The molecule has 0 aliphatic heterocycles. The monoisotopic (exact) mass is 383 g/mol. The SMILES string of the molecule is COc1ccc(-c2oc3cc(C)c(C)cc3c(=O)c2OCC(N)=O)cc1OC. The fourth-order valence-corrected chi connectivity index (χ4v) is 2.88. The highest BCUT2D eigenvalue weighted by molar-refractivity contribution is 5.84. The maximum absolute atomic E-state index is 13.1. The van der Waals surface area contributed by atoms with Crippen LogP contribution in [0.3, 0.4) is 0 Å². The van der Waals surface area contributed by atoms with Gasteiger partial charge in [-0.2, -0.15) is 0 Å². The van der Waals surface area contributed by atoms with Crippen molar-refractivity contribution >= 4 is 16.9 Å². The molecule has 0 unspecified atom stereocenters. The van der Waals surface area contributed by atoms with E-state index in [-0.39, 0.29) is 16.9 Å². The third-order valence-electron chi connectivity index (χ3n) is 4.47. The minimum atomic E-state index is -0.696. The number of aryl methyl sites for hydroxylation is 2. The molecule has 3 rings (SSSR count). The first-order valence-corrected chi connectivity index (χ1v) is 8.57. The normalized spacial score (nSPS) is 10.7. The molecule has 3 aromatic rings. The standard InChI is InChI=1S/C21H21NO6/c1-11-7-14-16(8-12(11)2)28-20(21(19(14)24)27-10-18(22)23)13-5-6-15(25-3)17(9-13)26-4/h5-9H,10H2,1-4H3,(H2,22,23). The molecule has 0 spiro atoms. The van der Waals surface area contributed by atoms with E-state index in [1.807, 2.05) is 13.8 Å². The van der Waals surface area contributed by atoms with Gasteiger partial charge in [-0.25, -0.2) is 0 Å². The number of rotatable bonds is 6. The lowest BCUT2D eigenvalue weighted by atomic mass is 10.0. The number of ether oxygens (including phenoxy) is 3. The predicted octanol–water partition coefficient (Wildman–Crippen LogP) is 2.96. The first kappa shape index (κ1) is 19.3. The van der Waals surface area contributed by atoms with Gasteiger partial charge in [-0.3, -0.25) is 9.59 Å². The van der Waals surface area contributed by atoms with Crippen LogP contribution in [0.4, 0.5) is 0 Å². The summed E-state index contributed by atoms with van der Waals surface area (Å²) < 4.78 is 22.0. The number of carbonyl (C=O) groups is 1. The van der Waals surface area contributed by atoms with Crippen molar-refractivity contribution in [2.75, 3.05) is 20.8 Å². The quantitative estimate of drug-likeness (QED) is 0.702. The summed E-state index contributed by atoms with van der Waals surface area (Å²) in [5, 5.41) is 0.367. The van der Waals surface area contributed by atoms with Crippen molar-refractivity contribution in [2.45, 2.75) is 13.8 Å². The van der Waals surface area contributed by atoms with Crippen molar-refractivity contribution in [3.8, 4) is 28.6 Å². The molecule has 0 atom stereocenters. The molecule has 7 heteroatoms. The van der Waals surface area contributed by atoms with Crippen LogP contribution in [0.2, 0.25) is 0 Å². The lowest BCUT2D eigenvalue weighted by Crippen LogP contribution is -2.22. The van der Waals surface area contributed by atoms with Crippen molar-refractivity contribution in [1.82, 2.24) is 0 Å². The maximum atomic E-state index is 13.1. The molecule has 2 aromatic carbocycles. The van der Waals surface area contributed by atoms with Crippen LogP contribution in [-0.4, -0.2) is 26.7 Å². The van der Waals surface area contributed by atoms with Gasteiger partial charge in [0, 0.05) is 5.56 Å². The van der Waals surface area contributed by atoms with Gasteiger partial charge in [-0.15, -0.1) is 0 Å². The fourth-order valence-electron chi connectivity index (χ4n) is 2.88. The Morgan fingerprint density at radius 1 is 1.04 bits per heavy atom. The molecular weight excluding hydrogens is 362 g/mol. The molecule has 0 saturated carbocycles. The minimum absolute atomic E-state index is 0.0817. The predicted molar refractivity (Wildman–Crippen MR) is 105 cm³/mol. The molecule has 0 aliphatic rings. The topological polar surface area (TPSA) is 101 Å². The number of carbonyl (C=O) groups excluding carboxylic acids is 1. The Hall–Kier alpha value is -3.48. The molecule has 1 amide bonds. The number of benzene rings is 2. The van der Waals surface area contributed by atoms with Crippen molar-refractivity contribution in [3.05, 3.63) is 51.7 Å². The molecule has 0 bridgehead atoms. The van der Waals surface area contributed by atoms with E-state index in [2.05, 4.69) is 0 Å². The van der Waals surface area contributed by atoms with E-state index in [0.717, 1.165) is 11.1 Å². The second-order valence-electron chi connectivity index (χ2n) is 6.35. The third kappa shape index (κ3) is 3.51. The highest BCUT2D eigenvalue weighted by Gasteiger charge is 2.20. The Morgan fingerprint density at radius 3 is 2.36 bits per heavy atom. The van der Waals surface area contributed by atoms with E-state index in [9.17, 15) is 9.59 Å². The van der Waals surface area contributed by atoms with Crippen LogP contribution in [0.25, 0.3) is 22.3 Å². The van der Waals surface area contributed by atoms with Gasteiger partial charge >= 0.3 is 0 Å². The zero-order valence-corrected chi connectivity index (χ0v) is 16.1. The number of amides is 1. The van der Waals surface area contributed by atoms with Crippen LogP contribution in [-0.2, 0) is 4.79 Å². The second kappa shape index (κ2) is 7.64. The first-order chi connectivity index (χ1) is 13.3. The summed E-state index contributed by atoms with van der Waals surface area (Å²) in [6.07, 6.45) is 0. The zero-order valence-electron chi connectivity index (χ0n) is 16.1. The van der Waals surface area contributed by atoms with Gasteiger partial charge in [0.1, 0.15) is 5.58 Å². The van der Waals surface area contributed by atoms with Gasteiger partial charge in [0.05, 0.1) is 19.6 Å². The molecule has 0 fully saturated rings. The van der Waals surface area contributed by atoms with E-state index in [1.165, 1.54) is 14.2 Å². The van der Waals surface area contributed by atoms with Gasteiger partial charge < -0.3 is 24.4 Å². The van der Waals surface area contributed by atoms with Crippen LogP contribution in [0.1, 0.15) is 11.1 Å². The Morgan fingerprint density at radius 2 is 1.71 bits per heavy atom. The largest absolute Gasteiger partial charge is 0.493 e. The van der Waals surface area contributed by atoms with E-state index in [4.69, 9.17) is 24.4 Å². The summed E-state index contributed by atoms with van der Waals surface area (Å²) in [5.41, 5.74) is 7.69. The van der Waals surface area contributed by atoms with Crippen molar-refractivity contribution < 1.29 is 23.4 Å². The maximum Gasteiger partial charge on any atom is 0.255 e. The zero-order chi connectivity index (χ0) is 20.4. The van der Waals surface area contributed by atoms with Gasteiger partial charge in [0.25, 0.3) is 5.91 Å². The van der Waals surface area contributed by atoms with Crippen LogP contribution < -0.4 is 25.4 Å². The fraction of sp³-hybridized carbons (Fsp3) is 0.238. The smallest absolute Gasteiger partial charge is 0.255 e. The Balaban J connectivity index is 2.30. The lowest BCUT2D eigenvalue weighted by molar-refractivity contribution is -0.119. The molecule has 146 valence electrons. The number of fused-ring (bicyclic) bond motifs is 1. The summed E-state index contributed by atoms with van der Waals surface area (Å²) in [7, 11) is 3.04. The second-order valence-corrected chi connectivity index (χ2v) is 6.35. The summed E-state index contributed by atoms with van der Waals surface area (Å²) in [5.74, 6) is 0.395. The van der Waals surface area contributed by atoms with Crippen LogP contribution in [0.5, 0.6) is 17.2 Å². The van der Waals surface area contributed by atoms with Gasteiger partial charge in [-0.1, -0.05) is 0 Å². The van der Waals surface area contributed by atoms with Crippen molar-refractivity contribution in [1.29, 1.82) is 0 Å². The molecule has 0 radical (unpaired) electrons. The van der Waals surface area contributed by atoms with Crippen molar-refractivity contribution in [3.63, 3.8) is 0 Å². The highest BCUT2D eigenvalue weighted by atomic mass is 16.5. The average molecular weight is 383 g/mol.